The normalized spacial score (nSPS) is 24.7. The minimum Gasteiger partial charge on any atom is -0.333 e. The van der Waals surface area contributed by atoms with E-state index in [0.717, 1.165) is 17.3 Å². The summed E-state index contributed by atoms with van der Waals surface area (Å²) in [4.78, 5) is 22.0. The number of benzene rings is 1. The van der Waals surface area contributed by atoms with Crippen LogP contribution in [0, 0.1) is 0 Å². The van der Waals surface area contributed by atoms with Gasteiger partial charge in [-0.15, -0.1) is 0 Å². The number of nitrogens with zero attached hydrogens (tertiary/aromatic N) is 3. The Morgan fingerprint density at radius 1 is 1.17 bits per heavy atom. The van der Waals surface area contributed by atoms with E-state index < -0.39 is 0 Å². The summed E-state index contributed by atoms with van der Waals surface area (Å²) in [6, 6.07) is 9.01. The summed E-state index contributed by atoms with van der Waals surface area (Å²) in [6.07, 6.45) is 11.2. The highest BCUT2D eigenvalue weighted by Gasteiger charge is 2.40. The van der Waals surface area contributed by atoms with Crippen LogP contribution in [0.2, 0.25) is 0 Å². The zero-order valence-corrected chi connectivity index (χ0v) is 19.4. The van der Waals surface area contributed by atoms with Crippen LogP contribution in [0.1, 0.15) is 77.7 Å². The van der Waals surface area contributed by atoms with Gasteiger partial charge in [0.05, 0.1) is 6.04 Å². The van der Waals surface area contributed by atoms with Gasteiger partial charge in [0.25, 0.3) is 0 Å². The van der Waals surface area contributed by atoms with Crippen molar-refractivity contribution in [1.29, 1.82) is 0 Å². The molecule has 1 saturated heterocycles. The first kappa shape index (κ1) is 22.2. The van der Waals surface area contributed by atoms with Gasteiger partial charge < -0.3 is 4.90 Å². The fourth-order valence-corrected chi connectivity index (χ4v) is 5.75. The van der Waals surface area contributed by atoms with Crippen molar-refractivity contribution in [2.24, 2.45) is 4.99 Å². The predicted octanol–water partition coefficient (Wildman–Crippen LogP) is 5.85. The molecule has 1 amide bonds. The van der Waals surface area contributed by atoms with Crippen LogP contribution >= 0.6 is 11.8 Å². The lowest BCUT2D eigenvalue weighted by Gasteiger charge is -2.35. The Labute approximate surface area is 181 Å². The van der Waals surface area contributed by atoms with E-state index in [1.807, 2.05) is 16.7 Å². The van der Waals surface area contributed by atoms with Crippen molar-refractivity contribution >= 4 is 28.5 Å². The number of anilines is 1. The van der Waals surface area contributed by atoms with Crippen LogP contribution in [-0.4, -0.2) is 40.5 Å². The fraction of sp³-hybridized carbons (Fsp3) is 0.667. The zero-order chi connectivity index (χ0) is 20.8. The number of amides is 1. The summed E-state index contributed by atoms with van der Waals surface area (Å²) in [7, 11) is 2.10. The van der Waals surface area contributed by atoms with Crippen molar-refractivity contribution in [3.63, 3.8) is 0 Å². The van der Waals surface area contributed by atoms with Crippen LogP contribution in [0.5, 0.6) is 0 Å². The second kappa shape index (κ2) is 10.5. The number of amidine groups is 1. The molecule has 2 unspecified atom stereocenters. The number of aryl methyl sites for hydroxylation is 1. The summed E-state index contributed by atoms with van der Waals surface area (Å²) < 4.78 is 0. The molecule has 1 aliphatic heterocycles. The molecule has 1 aliphatic carbocycles. The highest BCUT2D eigenvalue weighted by Crippen LogP contribution is 2.36. The third-order valence-electron chi connectivity index (χ3n) is 6.16. The smallest absolute Gasteiger partial charge is 0.225 e. The van der Waals surface area contributed by atoms with Gasteiger partial charge in [-0.3, -0.25) is 14.7 Å². The highest BCUT2D eigenvalue weighted by molar-refractivity contribution is 8.14. The summed E-state index contributed by atoms with van der Waals surface area (Å²) in [5.74, 6) is 0.0892. The van der Waals surface area contributed by atoms with E-state index in [1.54, 1.807) is 6.92 Å². The van der Waals surface area contributed by atoms with E-state index in [4.69, 9.17) is 4.99 Å². The van der Waals surface area contributed by atoms with Crippen LogP contribution in [0.3, 0.4) is 0 Å². The second-order valence-electron chi connectivity index (χ2n) is 8.56. The number of carbonyl (C=O) groups excluding carboxylic acids is 1. The molecule has 3 rings (SSSR count). The molecule has 0 radical (unpaired) electrons. The molecule has 2 aliphatic rings. The molecule has 5 heteroatoms. The van der Waals surface area contributed by atoms with Gasteiger partial charge in [0, 0.05) is 24.9 Å². The molecule has 1 heterocycles. The van der Waals surface area contributed by atoms with Crippen molar-refractivity contribution in [2.75, 3.05) is 11.9 Å². The standard InChI is InChI=1S/C24H37N3OS/c1-5-6-11-20-14-16-22(17-15-20)27(19(3)28)23-18(2)29-24(26(23)4)25-21-12-9-7-8-10-13-21/h14-18,21,23H,5-13H2,1-4H3. The molecule has 0 spiro atoms. The van der Waals surface area contributed by atoms with Gasteiger partial charge in [-0.2, -0.15) is 0 Å². The van der Waals surface area contributed by atoms with E-state index >= 15 is 0 Å². The quantitative estimate of drug-likeness (QED) is 0.546. The minimum absolute atomic E-state index is 0.00326. The molecular formula is C24H37N3OS. The van der Waals surface area contributed by atoms with E-state index in [9.17, 15) is 4.79 Å². The van der Waals surface area contributed by atoms with Crippen molar-refractivity contribution in [2.45, 2.75) is 96.0 Å². The molecule has 0 bridgehead atoms. The average Bonchev–Trinajstić information content (AvgIpc) is 2.88. The van der Waals surface area contributed by atoms with E-state index in [-0.39, 0.29) is 17.3 Å². The van der Waals surface area contributed by atoms with Gasteiger partial charge in [-0.05, 0) is 50.3 Å². The van der Waals surface area contributed by atoms with Crippen molar-refractivity contribution in [3.8, 4) is 0 Å². The van der Waals surface area contributed by atoms with Gasteiger partial charge in [0.1, 0.15) is 6.17 Å². The molecule has 1 aromatic rings. The molecule has 0 aromatic heterocycles. The summed E-state index contributed by atoms with van der Waals surface area (Å²) in [5.41, 5.74) is 2.33. The Kier molecular flexibility index (Phi) is 8.05. The van der Waals surface area contributed by atoms with Gasteiger partial charge in [0.2, 0.25) is 5.91 Å². The van der Waals surface area contributed by atoms with Crippen molar-refractivity contribution in [1.82, 2.24) is 4.90 Å². The molecule has 1 saturated carbocycles. The molecule has 29 heavy (non-hydrogen) atoms. The molecule has 2 atom stereocenters. The lowest BCUT2D eigenvalue weighted by Crippen LogP contribution is -2.50. The fourth-order valence-electron chi connectivity index (χ4n) is 4.51. The summed E-state index contributed by atoms with van der Waals surface area (Å²) in [5, 5.41) is 1.38. The van der Waals surface area contributed by atoms with E-state index in [2.05, 4.69) is 50.1 Å². The number of carbonyl (C=O) groups is 1. The average molecular weight is 416 g/mol. The summed E-state index contributed by atoms with van der Waals surface area (Å²) >= 11 is 1.82. The zero-order valence-electron chi connectivity index (χ0n) is 18.6. The maximum Gasteiger partial charge on any atom is 0.225 e. The molecular weight excluding hydrogens is 378 g/mol. The second-order valence-corrected chi connectivity index (χ2v) is 9.91. The topological polar surface area (TPSA) is 35.9 Å². The number of aliphatic imine (C=N–C) groups is 1. The molecule has 4 nitrogen and oxygen atoms in total. The molecule has 1 aromatic carbocycles. The third-order valence-corrected chi connectivity index (χ3v) is 7.38. The lowest BCUT2D eigenvalue weighted by molar-refractivity contribution is -0.117. The van der Waals surface area contributed by atoms with Gasteiger partial charge in [-0.25, -0.2) is 0 Å². The van der Waals surface area contributed by atoms with Crippen molar-refractivity contribution < 1.29 is 4.79 Å². The van der Waals surface area contributed by atoms with Gasteiger partial charge in [-0.1, -0.05) is 62.9 Å². The lowest BCUT2D eigenvalue weighted by atomic mass is 10.1. The van der Waals surface area contributed by atoms with Crippen LogP contribution in [0.4, 0.5) is 5.69 Å². The van der Waals surface area contributed by atoms with Crippen LogP contribution in [0.25, 0.3) is 0 Å². The number of hydrogen-bond donors (Lipinski definition) is 0. The van der Waals surface area contributed by atoms with Crippen molar-refractivity contribution in [3.05, 3.63) is 29.8 Å². The van der Waals surface area contributed by atoms with E-state index in [1.165, 1.54) is 56.9 Å². The molecule has 0 N–H and O–H groups in total. The Balaban J connectivity index is 1.79. The Morgan fingerprint density at radius 2 is 1.83 bits per heavy atom. The number of rotatable bonds is 6. The SMILES string of the molecule is CCCCc1ccc(N(C(C)=O)C2C(C)SC(=NC3CCCCCC3)N2C)cc1. The number of thioether (sulfide) groups is 1. The van der Waals surface area contributed by atoms with Crippen LogP contribution in [0.15, 0.2) is 29.3 Å². The predicted molar refractivity (Wildman–Crippen MR) is 126 cm³/mol. The van der Waals surface area contributed by atoms with Crippen LogP contribution < -0.4 is 4.90 Å². The Hall–Kier alpha value is -1.49. The minimum atomic E-state index is 0.00326. The third kappa shape index (κ3) is 5.56. The number of unbranched alkanes of at least 4 members (excludes halogenated alkanes) is 1. The maximum atomic E-state index is 12.7. The monoisotopic (exact) mass is 415 g/mol. The largest absolute Gasteiger partial charge is 0.333 e. The Bertz CT molecular complexity index is 695. The van der Waals surface area contributed by atoms with Gasteiger partial charge in [0.15, 0.2) is 5.17 Å². The highest BCUT2D eigenvalue weighted by atomic mass is 32.2. The first-order valence-electron chi connectivity index (χ1n) is 11.4. The first-order chi connectivity index (χ1) is 14.0. The number of hydrogen-bond acceptors (Lipinski definition) is 3. The van der Waals surface area contributed by atoms with Gasteiger partial charge >= 0.3 is 0 Å². The molecule has 160 valence electrons. The maximum absolute atomic E-state index is 12.7. The summed E-state index contributed by atoms with van der Waals surface area (Å²) in [6.45, 7) is 6.11. The van der Waals surface area contributed by atoms with E-state index in [0.29, 0.717) is 6.04 Å². The first-order valence-corrected chi connectivity index (χ1v) is 12.2. The molecule has 2 fully saturated rings. The van der Waals surface area contributed by atoms with Crippen LogP contribution in [-0.2, 0) is 11.2 Å². The Morgan fingerprint density at radius 3 is 2.41 bits per heavy atom.